The summed E-state index contributed by atoms with van der Waals surface area (Å²) >= 11 is 0. The van der Waals surface area contributed by atoms with Gasteiger partial charge in [-0.25, -0.2) is 0 Å². The van der Waals surface area contributed by atoms with Crippen molar-refractivity contribution in [2.45, 2.75) is 6.54 Å². The van der Waals surface area contributed by atoms with Gasteiger partial charge in [-0.1, -0.05) is 17.3 Å². The minimum absolute atomic E-state index is 0.204. The van der Waals surface area contributed by atoms with E-state index >= 15 is 0 Å². The summed E-state index contributed by atoms with van der Waals surface area (Å²) in [6.45, 7) is 4.37. The van der Waals surface area contributed by atoms with Crippen LogP contribution in [0, 0.1) is 0 Å². The Morgan fingerprint density at radius 3 is 2.73 bits per heavy atom. The number of benzene rings is 1. The first kappa shape index (κ1) is 19.9. The van der Waals surface area contributed by atoms with Gasteiger partial charge in [0.05, 0.1) is 19.4 Å². The van der Waals surface area contributed by atoms with Gasteiger partial charge >= 0.3 is 0 Å². The van der Waals surface area contributed by atoms with E-state index in [-0.39, 0.29) is 5.91 Å². The molecule has 4 rings (SSSR count). The molecule has 1 saturated heterocycles. The van der Waals surface area contributed by atoms with E-state index in [2.05, 4.69) is 25.5 Å². The number of aromatic nitrogens is 4. The van der Waals surface area contributed by atoms with Crippen LogP contribution in [-0.4, -0.2) is 57.1 Å². The maximum Gasteiger partial charge on any atom is 0.248 e. The molecule has 1 aliphatic rings. The number of carbonyl (C=O) groups is 1. The minimum atomic E-state index is -0.204. The van der Waals surface area contributed by atoms with Crippen molar-refractivity contribution in [2.75, 3.05) is 31.6 Å². The number of nitrogens with one attached hydrogen (secondary N) is 1. The first-order chi connectivity index (χ1) is 14.7. The van der Waals surface area contributed by atoms with Gasteiger partial charge in [0, 0.05) is 62.0 Å². The SMILES string of the molecule is Cn1cc(-c2ccncc2/C=C/C(=O)Nc2ccc(CN3CCOCC3)cc2)nn1. The zero-order chi connectivity index (χ0) is 20.8. The van der Waals surface area contributed by atoms with Gasteiger partial charge in [-0.2, -0.15) is 0 Å². The largest absolute Gasteiger partial charge is 0.379 e. The van der Waals surface area contributed by atoms with Crippen molar-refractivity contribution in [1.29, 1.82) is 0 Å². The van der Waals surface area contributed by atoms with Crippen LogP contribution in [0.25, 0.3) is 17.3 Å². The molecule has 1 aromatic carbocycles. The average molecular weight is 404 g/mol. The fourth-order valence-corrected chi connectivity index (χ4v) is 3.30. The summed E-state index contributed by atoms with van der Waals surface area (Å²) in [6.07, 6.45) is 8.46. The quantitative estimate of drug-likeness (QED) is 0.635. The number of hydrogen-bond acceptors (Lipinski definition) is 6. The highest BCUT2D eigenvalue weighted by molar-refractivity contribution is 6.02. The van der Waals surface area contributed by atoms with E-state index in [0.717, 1.165) is 55.4 Å². The van der Waals surface area contributed by atoms with Gasteiger partial charge < -0.3 is 10.1 Å². The normalized spacial score (nSPS) is 14.8. The molecule has 1 aliphatic heterocycles. The summed E-state index contributed by atoms with van der Waals surface area (Å²) in [4.78, 5) is 18.9. The molecule has 3 aromatic rings. The lowest BCUT2D eigenvalue weighted by atomic mass is 10.1. The fourth-order valence-electron chi connectivity index (χ4n) is 3.30. The number of amides is 1. The Labute approximate surface area is 175 Å². The first-order valence-corrected chi connectivity index (χ1v) is 9.86. The van der Waals surface area contributed by atoms with Crippen molar-refractivity contribution in [3.63, 3.8) is 0 Å². The lowest BCUT2D eigenvalue weighted by molar-refractivity contribution is -0.111. The highest BCUT2D eigenvalue weighted by atomic mass is 16.5. The minimum Gasteiger partial charge on any atom is -0.379 e. The fraction of sp³-hybridized carbons (Fsp3) is 0.273. The Bertz CT molecular complexity index is 1020. The van der Waals surface area contributed by atoms with Crippen molar-refractivity contribution in [3.05, 3.63) is 66.1 Å². The van der Waals surface area contributed by atoms with Crippen LogP contribution >= 0.6 is 0 Å². The smallest absolute Gasteiger partial charge is 0.248 e. The van der Waals surface area contributed by atoms with Crippen LogP contribution in [0.3, 0.4) is 0 Å². The van der Waals surface area contributed by atoms with Gasteiger partial charge in [0.2, 0.25) is 5.91 Å². The van der Waals surface area contributed by atoms with E-state index in [1.165, 1.54) is 11.6 Å². The monoisotopic (exact) mass is 404 g/mol. The third-order valence-corrected chi connectivity index (χ3v) is 4.88. The van der Waals surface area contributed by atoms with E-state index in [0.29, 0.717) is 0 Å². The van der Waals surface area contributed by atoms with E-state index < -0.39 is 0 Å². The summed E-state index contributed by atoms with van der Waals surface area (Å²) < 4.78 is 7.02. The number of anilines is 1. The zero-order valence-electron chi connectivity index (χ0n) is 16.9. The number of pyridine rings is 1. The zero-order valence-corrected chi connectivity index (χ0v) is 16.9. The number of nitrogens with zero attached hydrogens (tertiary/aromatic N) is 5. The van der Waals surface area contributed by atoms with Gasteiger partial charge in [-0.05, 0) is 29.8 Å². The molecule has 0 unspecified atom stereocenters. The van der Waals surface area contributed by atoms with Gasteiger partial charge in [-0.3, -0.25) is 19.4 Å². The Hall–Kier alpha value is -3.36. The van der Waals surface area contributed by atoms with Crippen molar-refractivity contribution < 1.29 is 9.53 Å². The Kier molecular flexibility index (Phi) is 6.26. The molecule has 0 saturated carbocycles. The summed E-state index contributed by atoms with van der Waals surface area (Å²) in [5, 5.41) is 11.0. The maximum atomic E-state index is 12.4. The second-order valence-corrected chi connectivity index (χ2v) is 7.15. The van der Waals surface area contributed by atoms with Gasteiger partial charge in [-0.15, -0.1) is 5.10 Å². The number of hydrogen-bond donors (Lipinski definition) is 1. The maximum absolute atomic E-state index is 12.4. The highest BCUT2D eigenvalue weighted by Gasteiger charge is 2.11. The Morgan fingerprint density at radius 2 is 2.00 bits per heavy atom. The third kappa shape index (κ3) is 5.16. The van der Waals surface area contributed by atoms with Crippen LogP contribution in [0.1, 0.15) is 11.1 Å². The molecule has 1 N–H and O–H groups in total. The van der Waals surface area contributed by atoms with Gasteiger partial charge in [0.15, 0.2) is 0 Å². The lowest BCUT2D eigenvalue weighted by Gasteiger charge is -2.26. The van der Waals surface area contributed by atoms with Gasteiger partial charge in [0.1, 0.15) is 5.69 Å². The van der Waals surface area contributed by atoms with Crippen molar-refractivity contribution in [3.8, 4) is 11.3 Å². The highest BCUT2D eigenvalue weighted by Crippen LogP contribution is 2.21. The molecule has 8 nitrogen and oxygen atoms in total. The van der Waals surface area contributed by atoms with E-state index in [9.17, 15) is 4.79 Å². The molecule has 30 heavy (non-hydrogen) atoms. The van der Waals surface area contributed by atoms with E-state index in [1.807, 2.05) is 43.6 Å². The third-order valence-electron chi connectivity index (χ3n) is 4.88. The Morgan fingerprint density at radius 1 is 1.20 bits per heavy atom. The van der Waals surface area contributed by atoms with E-state index in [4.69, 9.17) is 4.74 Å². The summed E-state index contributed by atoms with van der Waals surface area (Å²) in [7, 11) is 1.81. The molecule has 8 heteroatoms. The Balaban J connectivity index is 1.37. The van der Waals surface area contributed by atoms with Crippen LogP contribution in [0.15, 0.2) is 55.0 Å². The molecule has 3 heterocycles. The number of rotatable bonds is 6. The molecule has 0 spiro atoms. The van der Waals surface area contributed by atoms with Crippen LogP contribution in [-0.2, 0) is 23.1 Å². The molecule has 0 radical (unpaired) electrons. The molecular formula is C22H24N6O2. The first-order valence-electron chi connectivity index (χ1n) is 9.86. The second-order valence-electron chi connectivity index (χ2n) is 7.15. The molecule has 0 bridgehead atoms. The lowest BCUT2D eigenvalue weighted by Crippen LogP contribution is -2.35. The van der Waals surface area contributed by atoms with Crippen molar-refractivity contribution in [2.24, 2.45) is 7.05 Å². The van der Waals surface area contributed by atoms with Crippen LogP contribution in [0.5, 0.6) is 0 Å². The molecule has 1 amide bonds. The molecule has 1 fully saturated rings. The molecule has 0 atom stereocenters. The number of ether oxygens (including phenoxy) is 1. The molecule has 154 valence electrons. The summed E-state index contributed by atoms with van der Waals surface area (Å²) in [5.74, 6) is -0.204. The van der Waals surface area contributed by atoms with E-state index in [1.54, 1.807) is 23.2 Å². The molecule has 0 aliphatic carbocycles. The second kappa shape index (κ2) is 9.43. The number of carbonyl (C=O) groups excluding carboxylic acids is 1. The predicted molar refractivity (Wildman–Crippen MR) is 114 cm³/mol. The van der Waals surface area contributed by atoms with Crippen LogP contribution < -0.4 is 5.32 Å². The standard InChI is InChI=1S/C22H24N6O2/c1-27-16-21(25-26-27)20-8-9-23-14-18(20)4-7-22(29)24-19-5-2-17(3-6-19)15-28-10-12-30-13-11-28/h2-9,14,16H,10-13,15H2,1H3,(H,24,29)/b7-4+. The molecular weight excluding hydrogens is 380 g/mol. The van der Waals surface area contributed by atoms with Crippen LogP contribution in [0.4, 0.5) is 5.69 Å². The average Bonchev–Trinajstić information content (AvgIpc) is 3.21. The topological polar surface area (TPSA) is 85.2 Å². The van der Waals surface area contributed by atoms with Crippen LogP contribution in [0.2, 0.25) is 0 Å². The van der Waals surface area contributed by atoms with Gasteiger partial charge in [0.25, 0.3) is 0 Å². The van der Waals surface area contributed by atoms with Crippen molar-refractivity contribution in [1.82, 2.24) is 24.9 Å². The predicted octanol–water partition coefficient (Wildman–Crippen LogP) is 2.36. The number of aryl methyl sites for hydroxylation is 1. The summed E-state index contributed by atoms with van der Waals surface area (Å²) in [6, 6.07) is 9.80. The number of morpholine rings is 1. The van der Waals surface area contributed by atoms with Crippen molar-refractivity contribution >= 4 is 17.7 Å². The molecule has 2 aromatic heterocycles. The summed E-state index contributed by atoms with van der Waals surface area (Å²) in [5.41, 5.74) is 4.38.